The number of hydrogen-bond donors (Lipinski definition) is 1. The first-order valence-electron chi connectivity index (χ1n) is 6.86. The van der Waals surface area contributed by atoms with Gasteiger partial charge in [-0.25, -0.2) is 0 Å². The number of thiophene rings is 1. The van der Waals surface area contributed by atoms with Crippen LogP contribution in [-0.4, -0.2) is 5.91 Å². The standard InChI is InChI=1S/C16H11F3N2OS/c17-16(18,19)13-4-2-1-3-10(13)11-7-12(11)14(22)21-15-9(8-20)5-6-23-15/h1-6,11-12H,7H2,(H,21,22)/t11-,12+/m0/s1. The van der Waals surface area contributed by atoms with E-state index in [-0.39, 0.29) is 11.5 Å². The van der Waals surface area contributed by atoms with E-state index in [2.05, 4.69) is 5.32 Å². The van der Waals surface area contributed by atoms with Crippen molar-refractivity contribution in [3.63, 3.8) is 0 Å². The monoisotopic (exact) mass is 336 g/mol. The summed E-state index contributed by atoms with van der Waals surface area (Å²) in [5, 5.41) is 13.7. The van der Waals surface area contributed by atoms with E-state index in [9.17, 15) is 18.0 Å². The Morgan fingerprint density at radius 1 is 1.30 bits per heavy atom. The van der Waals surface area contributed by atoms with Gasteiger partial charge in [-0.1, -0.05) is 18.2 Å². The first-order valence-corrected chi connectivity index (χ1v) is 7.74. The van der Waals surface area contributed by atoms with E-state index < -0.39 is 23.6 Å². The van der Waals surface area contributed by atoms with E-state index in [0.717, 1.165) is 6.07 Å². The molecule has 2 atom stereocenters. The number of anilines is 1. The summed E-state index contributed by atoms with van der Waals surface area (Å²) in [6.07, 6.45) is -4.05. The Morgan fingerprint density at radius 3 is 2.74 bits per heavy atom. The zero-order valence-corrected chi connectivity index (χ0v) is 12.5. The van der Waals surface area contributed by atoms with Gasteiger partial charge in [-0.05, 0) is 35.4 Å². The lowest BCUT2D eigenvalue weighted by molar-refractivity contribution is -0.138. The molecule has 118 valence electrons. The van der Waals surface area contributed by atoms with Gasteiger partial charge in [-0.3, -0.25) is 4.79 Å². The highest BCUT2D eigenvalue weighted by Gasteiger charge is 2.47. The molecule has 1 aromatic heterocycles. The fraction of sp³-hybridized carbons (Fsp3) is 0.250. The highest BCUT2D eigenvalue weighted by Crippen LogP contribution is 2.51. The van der Waals surface area contributed by atoms with Crippen molar-refractivity contribution in [2.75, 3.05) is 5.32 Å². The van der Waals surface area contributed by atoms with Crippen molar-refractivity contribution in [3.05, 3.63) is 52.4 Å². The lowest BCUT2D eigenvalue weighted by Gasteiger charge is -2.12. The molecule has 0 unspecified atom stereocenters. The predicted molar refractivity (Wildman–Crippen MR) is 80.0 cm³/mol. The van der Waals surface area contributed by atoms with Crippen molar-refractivity contribution >= 4 is 22.2 Å². The van der Waals surface area contributed by atoms with E-state index in [0.29, 0.717) is 17.0 Å². The van der Waals surface area contributed by atoms with Gasteiger partial charge in [0.2, 0.25) is 5.91 Å². The van der Waals surface area contributed by atoms with E-state index >= 15 is 0 Å². The summed E-state index contributed by atoms with van der Waals surface area (Å²) in [6, 6.07) is 8.90. The zero-order chi connectivity index (χ0) is 16.6. The molecule has 1 aliphatic carbocycles. The van der Waals surface area contributed by atoms with E-state index in [4.69, 9.17) is 5.26 Å². The van der Waals surface area contributed by atoms with Crippen LogP contribution < -0.4 is 5.32 Å². The molecule has 1 aliphatic rings. The molecule has 1 heterocycles. The van der Waals surface area contributed by atoms with Crippen LogP contribution in [0, 0.1) is 17.2 Å². The molecule has 0 spiro atoms. The summed E-state index contributed by atoms with van der Waals surface area (Å²) >= 11 is 1.22. The average molecular weight is 336 g/mol. The number of rotatable bonds is 3. The number of halogens is 3. The Labute approximate surface area is 134 Å². The minimum Gasteiger partial charge on any atom is -0.316 e. The number of nitrogens with zero attached hydrogens (tertiary/aromatic N) is 1. The smallest absolute Gasteiger partial charge is 0.316 e. The third-order valence-corrected chi connectivity index (χ3v) is 4.65. The van der Waals surface area contributed by atoms with E-state index in [1.54, 1.807) is 17.5 Å². The molecule has 23 heavy (non-hydrogen) atoms. The molecule has 7 heteroatoms. The maximum absolute atomic E-state index is 13.0. The van der Waals surface area contributed by atoms with Crippen molar-refractivity contribution in [2.24, 2.45) is 5.92 Å². The number of amides is 1. The molecule has 0 bridgehead atoms. The van der Waals surface area contributed by atoms with Crippen LogP contribution in [-0.2, 0) is 11.0 Å². The maximum atomic E-state index is 13.0. The van der Waals surface area contributed by atoms with Crippen LogP contribution in [0.15, 0.2) is 35.7 Å². The minimum absolute atomic E-state index is 0.159. The molecule has 1 N–H and O–H groups in total. The lowest BCUT2D eigenvalue weighted by Crippen LogP contribution is -2.15. The van der Waals surface area contributed by atoms with Gasteiger partial charge < -0.3 is 5.32 Å². The van der Waals surface area contributed by atoms with E-state index in [1.807, 2.05) is 6.07 Å². The summed E-state index contributed by atoms with van der Waals surface area (Å²) in [7, 11) is 0. The SMILES string of the molecule is N#Cc1ccsc1NC(=O)[C@@H]1C[C@H]1c1ccccc1C(F)(F)F. The molecule has 0 aliphatic heterocycles. The Morgan fingerprint density at radius 2 is 2.04 bits per heavy atom. The van der Waals surface area contributed by atoms with Crippen LogP contribution in [0.4, 0.5) is 18.2 Å². The van der Waals surface area contributed by atoms with Crippen LogP contribution in [0.3, 0.4) is 0 Å². The molecule has 3 rings (SSSR count). The number of alkyl halides is 3. The van der Waals surface area contributed by atoms with Gasteiger partial charge >= 0.3 is 6.18 Å². The normalized spacial score (nSPS) is 19.9. The van der Waals surface area contributed by atoms with E-state index in [1.165, 1.54) is 23.5 Å². The molecule has 1 amide bonds. The highest BCUT2D eigenvalue weighted by atomic mass is 32.1. The Bertz CT molecular complexity index is 791. The van der Waals surface area contributed by atoms with Gasteiger partial charge in [-0.15, -0.1) is 11.3 Å². The quantitative estimate of drug-likeness (QED) is 0.904. The van der Waals surface area contributed by atoms with Gasteiger partial charge in [0, 0.05) is 5.92 Å². The number of carbonyl (C=O) groups is 1. The Hall–Kier alpha value is -2.33. The summed E-state index contributed by atoms with van der Waals surface area (Å²) in [5.74, 6) is -1.27. The molecular formula is C16H11F3N2OS. The van der Waals surface area contributed by atoms with Crippen molar-refractivity contribution < 1.29 is 18.0 Å². The molecule has 0 saturated heterocycles. The minimum atomic E-state index is -4.43. The Balaban J connectivity index is 1.75. The van der Waals surface area contributed by atoms with Gasteiger partial charge in [-0.2, -0.15) is 18.4 Å². The van der Waals surface area contributed by atoms with Crippen LogP contribution in [0.5, 0.6) is 0 Å². The number of nitrogens with one attached hydrogen (secondary N) is 1. The topological polar surface area (TPSA) is 52.9 Å². The number of hydrogen-bond acceptors (Lipinski definition) is 3. The number of benzene rings is 1. The van der Waals surface area contributed by atoms with Gasteiger partial charge in [0.1, 0.15) is 11.1 Å². The van der Waals surface area contributed by atoms with Crippen LogP contribution in [0.1, 0.15) is 29.0 Å². The van der Waals surface area contributed by atoms with Gasteiger partial charge in [0.15, 0.2) is 0 Å². The molecular weight excluding hydrogens is 325 g/mol. The largest absolute Gasteiger partial charge is 0.416 e. The lowest BCUT2D eigenvalue weighted by atomic mass is 10.0. The second-order valence-corrected chi connectivity index (χ2v) is 6.21. The third-order valence-electron chi connectivity index (χ3n) is 3.82. The summed E-state index contributed by atoms with van der Waals surface area (Å²) in [4.78, 5) is 12.2. The van der Waals surface area contributed by atoms with Gasteiger partial charge in [0.05, 0.1) is 11.1 Å². The molecule has 2 aromatic rings. The van der Waals surface area contributed by atoms with Crippen LogP contribution in [0.2, 0.25) is 0 Å². The highest BCUT2D eigenvalue weighted by molar-refractivity contribution is 7.14. The fourth-order valence-corrected chi connectivity index (χ4v) is 3.35. The first-order chi connectivity index (χ1) is 10.9. The third kappa shape index (κ3) is 3.08. The summed E-state index contributed by atoms with van der Waals surface area (Å²) in [6.45, 7) is 0. The maximum Gasteiger partial charge on any atom is 0.416 e. The summed E-state index contributed by atoms with van der Waals surface area (Å²) in [5.41, 5.74) is -0.169. The number of carbonyl (C=O) groups excluding carboxylic acids is 1. The molecule has 1 fully saturated rings. The van der Waals surface area contributed by atoms with Crippen molar-refractivity contribution in [3.8, 4) is 6.07 Å². The predicted octanol–water partition coefficient (Wildman–Crippen LogP) is 4.38. The number of nitriles is 1. The van der Waals surface area contributed by atoms with Crippen molar-refractivity contribution in [1.29, 1.82) is 5.26 Å². The average Bonchev–Trinajstić information content (AvgIpc) is 3.20. The van der Waals surface area contributed by atoms with Gasteiger partial charge in [0.25, 0.3) is 0 Å². The fourth-order valence-electron chi connectivity index (χ4n) is 2.61. The van der Waals surface area contributed by atoms with Crippen LogP contribution in [0.25, 0.3) is 0 Å². The Kier molecular flexibility index (Phi) is 3.86. The summed E-state index contributed by atoms with van der Waals surface area (Å²) < 4.78 is 39.1. The zero-order valence-electron chi connectivity index (χ0n) is 11.7. The molecule has 1 aromatic carbocycles. The first kappa shape index (κ1) is 15.6. The molecule has 3 nitrogen and oxygen atoms in total. The second-order valence-electron chi connectivity index (χ2n) is 5.30. The van der Waals surface area contributed by atoms with Crippen molar-refractivity contribution in [2.45, 2.75) is 18.5 Å². The van der Waals surface area contributed by atoms with Crippen molar-refractivity contribution in [1.82, 2.24) is 0 Å². The molecule has 0 radical (unpaired) electrons. The molecule has 1 saturated carbocycles. The van der Waals surface area contributed by atoms with Crippen LogP contribution >= 0.6 is 11.3 Å². The second kappa shape index (κ2) is 5.70.